The standard InChI is InChI=1S/C14H17FN2O2/c15-11-5-7-12(8-6-11)16-13(18)14(19)17-9-3-1-2-4-10-17/h5-8H,1-4,9-10H2,(H,16,18). The van der Waals surface area contributed by atoms with Gasteiger partial charge in [-0.15, -0.1) is 0 Å². The van der Waals surface area contributed by atoms with Gasteiger partial charge in [-0.05, 0) is 37.1 Å². The number of nitrogens with one attached hydrogen (secondary N) is 1. The van der Waals surface area contributed by atoms with Crippen molar-refractivity contribution in [1.82, 2.24) is 4.90 Å². The van der Waals surface area contributed by atoms with E-state index in [0.717, 1.165) is 25.7 Å². The molecule has 1 heterocycles. The minimum atomic E-state index is -0.659. The number of carbonyl (C=O) groups is 2. The first-order valence-corrected chi connectivity index (χ1v) is 6.52. The number of amides is 2. The maximum Gasteiger partial charge on any atom is 0.313 e. The van der Waals surface area contributed by atoms with E-state index in [1.165, 1.54) is 24.3 Å². The molecule has 0 radical (unpaired) electrons. The normalized spacial score (nSPS) is 15.7. The smallest absolute Gasteiger partial charge is 0.313 e. The predicted octanol–water partition coefficient (Wildman–Crippen LogP) is 2.17. The van der Waals surface area contributed by atoms with Crippen LogP contribution < -0.4 is 5.32 Å². The van der Waals surface area contributed by atoms with Gasteiger partial charge in [0.1, 0.15) is 5.82 Å². The highest BCUT2D eigenvalue weighted by atomic mass is 19.1. The number of hydrogen-bond acceptors (Lipinski definition) is 2. The van der Waals surface area contributed by atoms with Crippen molar-refractivity contribution in [2.45, 2.75) is 25.7 Å². The maximum atomic E-state index is 12.7. The molecule has 2 amide bonds. The van der Waals surface area contributed by atoms with Gasteiger partial charge in [0.05, 0.1) is 0 Å². The van der Waals surface area contributed by atoms with Crippen LogP contribution in [-0.4, -0.2) is 29.8 Å². The average Bonchev–Trinajstić information content (AvgIpc) is 2.69. The van der Waals surface area contributed by atoms with Crippen LogP contribution in [0.2, 0.25) is 0 Å². The summed E-state index contributed by atoms with van der Waals surface area (Å²) < 4.78 is 12.7. The minimum absolute atomic E-state index is 0.378. The van der Waals surface area contributed by atoms with Crippen molar-refractivity contribution in [2.24, 2.45) is 0 Å². The summed E-state index contributed by atoms with van der Waals surface area (Å²) in [5.41, 5.74) is 0.426. The summed E-state index contributed by atoms with van der Waals surface area (Å²) in [5, 5.41) is 2.49. The second-order valence-corrected chi connectivity index (χ2v) is 4.67. The lowest BCUT2D eigenvalue weighted by atomic mass is 10.2. The van der Waals surface area contributed by atoms with Crippen molar-refractivity contribution >= 4 is 17.5 Å². The molecule has 0 atom stereocenters. The van der Waals surface area contributed by atoms with Gasteiger partial charge in [0, 0.05) is 18.8 Å². The third kappa shape index (κ3) is 3.77. The number of carbonyl (C=O) groups excluding carboxylic acids is 2. The maximum absolute atomic E-state index is 12.7. The highest BCUT2D eigenvalue weighted by Crippen LogP contribution is 2.11. The molecule has 1 N–H and O–H groups in total. The van der Waals surface area contributed by atoms with Crippen LogP contribution in [0.25, 0.3) is 0 Å². The number of rotatable bonds is 1. The van der Waals surface area contributed by atoms with Crippen LogP contribution in [0.4, 0.5) is 10.1 Å². The molecule has 0 spiro atoms. The molecule has 1 aliphatic rings. The summed E-state index contributed by atoms with van der Waals surface area (Å²) in [7, 11) is 0. The first-order valence-electron chi connectivity index (χ1n) is 6.52. The van der Waals surface area contributed by atoms with Crippen LogP contribution >= 0.6 is 0 Å². The van der Waals surface area contributed by atoms with Crippen LogP contribution in [0, 0.1) is 5.82 Å². The Labute approximate surface area is 111 Å². The Balaban J connectivity index is 1.94. The molecular formula is C14H17FN2O2. The molecule has 0 unspecified atom stereocenters. The zero-order valence-electron chi connectivity index (χ0n) is 10.7. The third-order valence-corrected chi connectivity index (χ3v) is 3.19. The lowest BCUT2D eigenvalue weighted by Crippen LogP contribution is -2.40. The molecule has 1 fully saturated rings. The Morgan fingerprint density at radius 1 is 1.00 bits per heavy atom. The summed E-state index contributed by atoms with van der Waals surface area (Å²) in [5.74, 6) is -1.54. The quantitative estimate of drug-likeness (QED) is 0.790. The predicted molar refractivity (Wildman–Crippen MR) is 70.1 cm³/mol. The fourth-order valence-corrected chi connectivity index (χ4v) is 2.14. The second-order valence-electron chi connectivity index (χ2n) is 4.67. The Hall–Kier alpha value is -1.91. The minimum Gasteiger partial charge on any atom is -0.334 e. The van der Waals surface area contributed by atoms with E-state index in [1.54, 1.807) is 4.90 Å². The molecule has 2 rings (SSSR count). The van der Waals surface area contributed by atoms with E-state index in [0.29, 0.717) is 18.8 Å². The van der Waals surface area contributed by atoms with Crippen molar-refractivity contribution in [3.8, 4) is 0 Å². The summed E-state index contributed by atoms with van der Waals surface area (Å²) in [4.78, 5) is 25.4. The fraction of sp³-hybridized carbons (Fsp3) is 0.429. The zero-order valence-corrected chi connectivity index (χ0v) is 10.7. The summed E-state index contributed by atoms with van der Waals surface area (Å²) in [6.45, 7) is 1.27. The molecule has 1 saturated heterocycles. The highest BCUT2D eigenvalue weighted by molar-refractivity contribution is 6.39. The Morgan fingerprint density at radius 2 is 1.58 bits per heavy atom. The van der Waals surface area contributed by atoms with Gasteiger partial charge in [-0.25, -0.2) is 4.39 Å². The topological polar surface area (TPSA) is 49.4 Å². The molecule has 1 aromatic rings. The van der Waals surface area contributed by atoms with Gasteiger partial charge in [0.2, 0.25) is 0 Å². The third-order valence-electron chi connectivity index (χ3n) is 3.19. The number of likely N-dealkylation sites (tertiary alicyclic amines) is 1. The molecule has 5 heteroatoms. The summed E-state index contributed by atoms with van der Waals surface area (Å²) >= 11 is 0. The number of halogens is 1. The molecule has 1 aromatic carbocycles. The molecule has 0 bridgehead atoms. The molecule has 4 nitrogen and oxygen atoms in total. The van der Waals surface area contributed by atoms with Crippen molar-refractivity contribution in [3.63, 3.8) is 0 Å². The average molecular weight is 264 g/mol. The van der Waals surface area contributed by atoms with Crippen LogP contribution in [-0.2, 0) is 9.59 Å². The molecule has 19 heavy (non-hydrogen) atoms. The first-order chi connectivity index (χ1) is 9.16. The number of nitrogens with zero attached hydrogens (tertiary/aromatic N) is 1. The molecule has 102 valence electrons. The molecule has 0 saturated carbocycles. The Bertz CT molecular complexity index is 451. The van der Waals surface area contributed by atoms with Crippen molar-refractivity contribution in [3.05, 3.63) is 30.1 Å². The molecule has 0 aromatic heterocycles. The monoisotopic (exact) mass is 264 g/mol. The number of anilines is 1. The molecular weight excluding hydrogens is 247 g/mol. The van der Waals surface area contributed by atoms with E-state index < -0.39 is 11.8 Å². The van der Waals surface area contributed by atoms with Crippen molar-refractivity contribution < 1.29 is 14.0 Å². The van der Waals surface area contributed by atoms with E-state index in [-0.39, 0.29) is 5.82 Å². The SMILES string of the molecule is O=C(Nc1ccc(F)cc1)C(=O)N1CCCCCC1. The molecule has 1 aliphatic heterocycles. The zero-order chi connectivity index (χ0) is 13.7. The lowest BCUT2D eigenvalue weighted by Gasteiger charge is -2.19. The van der Waals surface area contributed by atoms with Gasteiger partial charge in [-0.1, -0.05) is 12.8 Å². The van der Waals surface area contributed by atoms with Crippen molar-refractivity contribution in [2.75, 3.05) is 18.4 Å². The highest BCUT2D eigenvalue weighted by Gasteiger charge is 2.22. The van der Waals surface area contributed by atoms with Gasteiger partial charge in [0.25, 0.3) is 0 Å². The van der Waals surface area contributed by atoms with E-state index >= 15 is 0 Å². The Kier molecular flexibility index (Phi) is 4.49. The summed E-state index contributed by atoms with van der Waals surface area (Å²) in [6, 6.07) is 5.35. The van der Waals surface area contributed by atoms with Crippen LogP contribution in [0.3, 0.4) is 0 Å². The lowest BCUT2D eigenvalue weighted by molar-refractivity contribution is -0.143. The number of hydrogen-bond donors (Lipinski definition) is 1. The van der Waals surface area contributed by atoms with Gasteiger partial charge >= 0.3 is 11.8 Å². The number of benzene rings is 1. The summed E-state index contributed by atoms with van der Waals surface area (Å²) in [6.07, 6.45) is 4.08. The van der Waals surface area contributed by atoms with Crippen LogP contribution in [0.5, 0.6) is 0 Å². The second kappa shape index (κ2) is 6.31. The van der Waals surface area contributed by atoms with Crippen molar-refractivity contribution in [1.29, 1.82) is 0 Å². The largest absolute Gasteiger partial charge is 0.334 e. The van der Waals surface area contributed by atoms with Crippen LogP contribution in [0.15, 0.2) is 24.3 Å². The van der Waals surface area contributed by atoms with Gasteiger partial charge in [0.15, 0.2) is 0 Å². The van der Waals surface area contributed by atoms with Gasteiger partial charge < -0.3 is 10.2 Å². The van der Waals surface area contributed by atoms with E-state index in [2.05, 4.69) is 5.32 Å². The van der Waals surface area contributed by atoms with E-state index in [1.807, 2.05) is 0 Å². The van der Waals surface area contributed by atoms with E-state index in [9.17, 15) is 14.0 Å². The molecule has 0 aliphatic carbocycles. The Morgan fingerprint density at radius 3 is 2.16 bits per heavy atom. The van der Waals surface area contributed by atoms with Crippen LogP contribution in [0.1, 0.15) is 25.7 Å². The fourth-order valence-electron chi connectivity index (χ4n) is 2.14. The first kappa shape index (κ1) is 13.5. The van der Waals surface area contributed by atoms with Gasteiger partial charge in [-0.3, -0.25) is 9.59 Å². The van der Waals surface area contributed by atoms with E-state index in [4.69, 9.17) is 0 Å². The van der Waals surface area contributed by atoms with Gasteiger partial charge in [-0.2, -0.15) is 0 Å².